The van der Waals surface area contributed by atoms with E-state index >= 15 is 0 Å². The zero-order valence-corrected chi connectivity index (χ0v) is 14.8. The number of nitrogens with one attached hydrogen (secondary N) is 1. The molecule has 0 bridgehead atoms. The predicted molar refractivity (Wildman–Crippen MR) is 102 cm³/mol. The normalized spacial score (nSPS) is 10.9. The summed E-state index contributed by atoms with van der Waals surface area (Å²) >= 11 is 0. The summed E-state index contributed by atoms with van der Waals surface area (Å²) in [7, 11) is 4.90. The van der Waals surface area contributed by atoms with Gasteiger partial charge in [-0.3, -0.25) is 4.99 Å². The Balaban J connectivity index is 1.88. The number of aromatic nitrogens is 3. The lowest BCUT2D eigenvalue weighted by Gasteiger charge is -2.09. The molecule has 0 spiro atoms. The molecule has 0 unspecified atom stereocenters. The number of rotatable bonds is 6. The minimum Gasteiger partial charge on any atom is -0.493 e. The van der Waals surface area contributed by atoms with Crippen LogP contribution in [0.15, 0.2) is 47.5 Å². The lowest BCUT2D eigenvalue weighted by molar-refractivity contribution is 0.355. The van der Waals surface area contributed by atoms with Crippen molar-refractivity contribution in [3.63, 3.8) is 0 Å². The summed E-state index contributed by atoms with van der Waals surface area (Å²) in [6.45, 7) is 0. The highest BCUT2D eigenvalue weighted by Gasteiger charge is 2.11. The Kier molecular flexibility index (Phi) is 5.02. The molecule has 3 rings (SSSR count). The molecule has 2 aromatic carbocycles. The quantitative estimate of drug-likeness (QED) is 0.662. The summed E-state index contributed by atoms with van der Waals surface area (Å²) in [6.07, 6.45) is 1.76. The molecule has 8 nitrogen and oxygen atoms in total. The molecule has 1 aromatic heterocycles. The van der Waals surface area contributed by atoms with Gasteiger partial charge < -0.3 is 20.5 Å². The maximum atomic E-state index is 6.02. The monoisotopic (exact) mass is 352 g/mol. The number of nitrogens with two attached hydrogens (primary N) is 1. The standard InChI is InChI=1S/C18H20N6O2/c1-20-11-12-5-4-6-14(9-12)24-17(19)22-18(23-24)21-13-7-8-15(25-2)16(10-13)26-3/h4-11H,1-3H3,(H3,19,21,22,23). The van der Waals surface area contributed by atoms with Crippen LogP contribution in [0.4, 0.5) is 17.6 Å². The van der Waals surface area contributed by atoms with Gasteiger partial charge in [0.1, 0.15) is 0 Å². The molecule has 0 atom stereocenters. The van der Waals surface area contributed by atoms with E-state index < -0.39 is 0 Å². The van der Waals surface area contributed by atoms with Crippen molar-refractivity contribution in [1.82, 2.24) is 14.8 Å². The van der Waals surface area contributed by atoms with E-state index in [1.54, 1.807) is 44.3 Å². The van der Waals surface area contributed by atoms with Crippen molar-refractivity contribution in [3.8, 4) is 17.2 Å². The number of hydrogen-bond acceptors (Lipinski definition) is 7. The van der Waals surface area contributed by atoms with Crippen LogP contribution in [-0.2, 0) is 0 Å². The molecule has 0 fully saturated rings. The third-order valence-corrected chi connectivity index (χ3v) is 3.66. The van der Waals surface area contributed by atoms with Crippen LogP contribution in [0.3, 0.4) is 0 Å². The van der Waals surface area contributed by atoms with E-state index in [9.17, 15) is 0 Å². The third kappa shape index (κ3) is 3.59. The second kappa shape index (κ2) is 7.56. The number of hydrogen-bond donors (Lipinski definition) is 2. The molecule has 0 saturated carbocycles. The fourth-order valence-corrected chi connectivity index (χ4v) is 2.50. The average molecular weight is 352 g/mol. The van der Waals surface area contributed by atoms with Crippen LogP contribution in [0, 0.1) is 0 Å². The van der Waals surface area contributed by atoms with Crippen LogP contribution < -0.4 is 20.5 Å². The minimum absolute atomic E-state index is 0.276. The van der Waals surface area contributed by atoms with Crippen LogP contribution in [0.1, 0.15) is 5.56 Å². The zero-order valence-electron chi connectivity index (χ0n) is 14.8. The maximum Gasteiger partial charge on any atom is 0.248 e. The van der Waals surface area contributed by atoms with Gasteiger partial charge in [-0.05, 0) is 29.8 Å². The number of benzene rings is 2. The van der Waals surface area contributed by atoms with E-state index in [0.717, 1.165) is 16.9 Å². The SMILES string of the molecule is CN=Cc1cccc(-n2nc(Nc3ccc(OC)c(OC)c3)nc2N)c1. The van der Waals surface area contributed by atoms with Crippen LogP contribution in [0.25, 0.3) is 5.69 Å². The van der Waals surface area contributed by atoms with Crippen LogP contribution in [0.2, 0.25) is 0 Å². The summed E-state index contributed by atoms with van der Waals surface area (Å²) in [4.78, 5) is 8.29. The molecule has 3 N–H and O–H groups in total. The van der Waals surface area contributed by atoms with Gasteiger partial charge in [-0.15, -0.1) is 5.10 Å². The Hall–Kier alpha value is -3.55. The van der Waals surface area contributed by atoms with Crippen LogP contribution in [-0.4, -0.2) is 42.2 Å². The Morgan fingerprint density at radius 2 is 1.92 bits per heavy atom. The summed E-state index contributed by atoms with van der Waals surface area (Å²) in [5.74, 6) is 1.91. The lowest BCUT2D eigenvalue weighted by atomic mass is 10.2. The molecule has 0 saturated heterocycles. The highest BCUT2D eigenvalue weighted by atomic mass is 16.5. The van der Waals surface area contributed by atoms with Gasteiger partial charge in [0.15, 0.2) is 11.5 Å². The van der Waals surface area contributed by atoms with Gasteiger partial charge in [0.2, 0.25) is 11.9 Å². The molecular formula is C18H20N6O2. The van der Waals surface area contributed by atoms with E-state index in [2.05, 4.69) is 20.4 Å². The van der Waals surface area contributed by atoms with Gasteiger partial charge in [-0.25, -0.2) is 0 Å². The Morgan fingerprint density at radius 3 is 2.65 bits per heavy atom. The number of ether oxygens (including phenoxy) is 2. The fourth-order valence-electron chi connectivity index (χ4n) is 2.50. The van der Waals surface area contributed by atoms with E-state index in [-0.39, 0.29) is 5.95 Å². The van der Waals surface area contributed by atoms with E-state index in [1.165, 1.54) is 0 Å². The van der Waals surface area contributed by atoms with Gasteiger partial charge in [0.05, 0.1) is 19.9 Å². The Labute approximate surface area is 151 Å². The van der Waals surface area contributed by atoms with Gasteiger partial charge in [-0.2, -0.15) is 9.67 Å². The third-order valence-electron chi connectivity index (χ3n) is 3.66. The summed E-state index contributed by atoms with van der Waals surface area (Å²) in [6, 6.07) is 13.1. The molecule has 0 radical (unpaired) electrons. The van der Waals surface area contributed by atoms with E-state index in [1.807, 2.05) is 30.3 Å². The Bertz CT molecular complexity index is 935. The number of aliphatic imine (C=N–C) groups is 1. The molecule has 8 heteroatoms. The molecule has 1 heterocycles. The molecule has 134 valence electrons. The van der Waals surface area contributed by atoms with E-state index in [4.69, 9.17) is 15.2 Å². The first-order valence-electron chi connectivity index (χ1n) is 7.88. The van der Waals surface area contributed by atoms with Crippen LogP contribution >= 0.6 is 0 Å². The summed E-state index contributed by atoms with van der Waals surface area (Å²) in [5, 5.41) is 7.54. The highest BCUT2D eigenvalue weighted by molar-refractivity contribution is 5.80. The number of nitrogen functional groups attached to an aromatic ring is 1. The molecular weight excluding hydrogens is 332 g/mol. The van der Waals surface area contributed by atoms with Crippen molar-refractivity contribution in [2.24, 2.45) is 4.99 Å². The van der Waals surface area contributed by atoms with Crippen molar-refractivity contribution in [1.29, 1.82) is 0 Å². The van der Waals surface area contributed by atoms with E-state index in [0.29, 0.717) is 17.4 Å². The molecule has 0 aliphatic heterocycles. The number of nitrogens with zero attached hydrogens (tertiary/aromatic N) is 4. The van der Waals surface area contributed by atoms with Crippen molar-refractivity contribution < 1.29 is 9.47 Å². The minimum atomic E-state index is 0.276. The summed E-state index contributed by atoms with van der Waals surface area (Å²) in [5.41, 5.74) is 8.53. The predicted octanol–water partition coefficient (Wildman–Crippen LogP) is 2.66. The van der Waals surface area contributed by atoms with Gasteiger partial charge in [0.25, 0.3) is 0 Å². The number of methoxy groups -OCH3 is 2. The van der Waals surface area contributed by atoms with Crippen molar-refractivity contribution in [3.05, 3.63) is 48.0 Å². The second-order valence-electron chi connectivity index (χ2n) is 5.38. The average Bonchev–Trinajstić information content (AvgIpc) is 3.02. The fraction of sp³-hybridized carbons (Fsp3) is 0.167. The zero-order chi connectivity index (χ0) is 18.5. The van der Waals surface area contributed by atoms with Gasteiger partial charge in [0, 0.05) is 25.0 Å². The topological polar surface area (TPSA) is 99.6 Å². The van der Waals surface area contributed by atoms with Crippen molar-refractivity contribution in [2.75, 3.05) is 32.3 Å². The highest BCUT2D eigenvalue weighted by Crippen LogP contribution is 2.30. The largest absolute Gasteiger partial charge is 0.493 e. The first-order chi connectivity index (χ1) is 12.6. The molecule has 26 heavy (non-hydrogen) atoms. The number of anilines is 3. The van der Waals surface area contributed by atoms with Crippen molar-refractivity contribution >= 4 is 23.8 Å². The Morgan fingerprint density at radius 1 is 1.12 bits per heavy atom. The maximum absolute atomic E-state index is 6.02. The molecule has 0 aliphatic carbocycles. The first kappa shape index (κ1) is 17.3. The van der Waals surface area contributed by atoms with Gasteiger partial charge >= 0.3 is 0 Å². The van der Waals surface area contributed by atoms with Gasteiger partial charge in [-0.1, -0.05) is 12.1 Å². The molecule has 0 aliphatic rings. The molecule has 3 aromatic rings. The first-order valence-corrected chi connectivity index (χ1v) is 7.88. The summed E-state index contributed by atoms with van der Waals surface area (Å²) < 4.78 is 12.1. The lowest BCUT2D eigenvalue weighted by Crippen LogP contribution is -2.03. The molecule has 0 amide bonds. The van der Waals surface area contributed by atoms with Crippen molar-refractivity contribution in [2.45, 2.75) is 0 Å². The second-order valence-corrected chi connectivity index (χ2v) is 5.38. The smallest absolute Gasteiger partial charge is 0.248 e. The van der Waals surface area contributed by atoms with Crippen LogP contribution in [0.5, 0.6) is 11.5 Å².